The number of carbonyl (C=O) groups is 3. The fraction of sp³-hybridized carbons (Fsp3) is 0.333. The lowest BCUT2D eigenvalue weighted by Gasteiger charge is -2.33. The van der Waals surface area contributed by atoms with Crippen molar-refractivity contribution in [1.29, 1.82) is 0 Å². The number of nitrogens with one attached hydrogen (secondary N) is 1. The summed E-state index contributed by atoms with van der Waals surface area (Å²) in [6, 6.07) is 12.3. The topological polar surface area (TPSA) is 161 Å². The highest BCUT2D eigenvalue weighted by Crippen LogP contribution is 2.32. The lowest BCUT2D eigenvalue weighted by Crippen LogP contribution is -2.46. The van der Waals surface area contributed by atoms with Gasteiger partial charge in [0, 0.05) is 12.6 Å². The van der Waals surface area contributed by atoms with E-state index in [1.807, 2.05) is 6.07 Å². The molecule has 11 heteroatoms. The number of amides is 3. The summed E-state index contributed by atoms with van der Waals surface area (Å²) in [7, 11) is 1.54. The highest BCUT2D eigenvalue weighted by atomic mass is 32.1. The molecule has 200 valence electrons. The van der Waals surface area contributed by atoms with Gasteiger partial charge in [-0.25, -0.2) is 0 Å². The van der Waals surface area contributed by atoms with Crippen molar-refractivity contribution in [3.05, 3.63) is 70.2 Å². The Balaban J connectivity index is 1.79. The maximum Gasteiger partial charge on any atom is 0.270 e. The minimum absolute atomic E-state index is 0.000394. The number of benzene rings is 2. The predicted octanol–water partition coefficient (Wildman–Crippen LogP) is 3.37. The fourth-order valence-electron chi connectivity index (χ4n) is 4.66. The Morgan fingerprint density at radius 2 is 1.87 bits per heavy atom. The van der Waals surface area contributed by atoms with Crippen molar-refractivity contribution in [3.8, 4) is 11.5 Å². The van der Waals surface area contributed by atoms with Crippen molar-refractivity contribution >= 4 is 34.9 Å². The first kappa shape index (κ1) is 26.9. The van der Waals surface area contributed by atoms with Gasteiger partial charge in [-0.15, -0.1) is 0 Å². The summed E-state index contributed by atoms with van der Waals surface area (Å²) in [6.45, 7) is 0.0307. The van der Waals surface area contributed by atoms with Crippen LogP contribution in [-0.4, -0.2) is 45.3 Å². The minimum atomic E-state index is -1.06. The van der Waals surface area contributed by atoms with Crippen molar-refractivity contribution in [1.82, 2.24) is 14.6 Å². The molecular weight excluding hydrogens is 506 g/mol. The number of phenols is 1. The van der Waals surface area contributed by atoms with Gasteiger partial charge in [-0.2, -0.15) is 4.37 Å². The molecule has 0 aliphatic heterocycles. The van der Waals surface area contributed by atoms with Gasteiger partial charge in [-0.05, 0) is 59.8 Å². The number of hydrogen-bond donors (Lipinski definition) is 4. The second kappa shape index (κ2) is 12.0. The van der Waals surface area contributed by atoms with E-state index in [9.17, 15) is 19.5 Å². The van der Waals surface area contributed by atoms with Crippen molar-refractivity contribution in [3.63, 3.8) is 0 Å². The first-order chi connectivity index (χ1) is 18.3. The molecule has 10 nitrogen and oxygen atoms in total. The summed E-state index contributed by atoms with van der Waals surface area (Å²) >= 11 is 0.758. The Kier molecular flexibility index (Phi) is 8.47. The van der Waals surface area contributed by atoms with Crippen LogP contribution in [0.25, 0.3) is 0 Å². The third-order valence-corrected chi connectivity index (χ3v) is 7.47. The van der Waals surface area contributed by atoms with Crippen molar-refractivity contribution < 1.29 is 24.2 Å². The first-order valence-corrected chi connectivity index (χ1v) is 13.1. The smallest absolute Gasteiger partial charge is 0.270 e. The van der Waals surface area contributed by atoms with Crippen molar-refractivity contribution in [2.45, 2.75) is 50.7 Å². The highest BCUT2D eigenvalue weighted by molar-refractivity contribution is 7.09. The molecule has 3 amide bonds. The van der Waals surface area contributed by atoms with Gasteiger partial charge in [-0.3, -0.25) is 14.4 Å². The third-order valence-electron chi connectivity index (χ3n) is 6.62. The zero-order chi connectivity index (χ0) is 27.2. The number of rotatable bonds is 9. The molecule has 0 bridgehead atoms. The zero-order valence-electron chi connectivity index (χ0n) is 21.1. The third kappa shape index (κ3) is 6.05. The summed E-state index contributed by atoms with van der Waals surface area (Å²) in [4.78, 5) is 41.1. The van der Waals surface area contributed by atoms with Gasteiger partial charge in [0.25, 0.3) is 11.8 Å². The maximum atomic E-state index is 14.0. The Morgan fingerprint density at radius 3 is 2.50 bits per heavy atom. The van der Waals surface area contributed by atoms with Crippen LogP contribution in [0.3, 0.4) is 0 Å². The monoisotopic (exact) mass is 537 g/mol. The van der Waals surface area contributed by atoms with Crippen LogP contribution in [0.15, 0.2) is 48.5 Å². The van der Waals surface area contributed by atoms with Crippen LogP contribution in [0.1, 0.15) is 69.4 Å². The average molecular weight is 538 g/mol. The molecule has 38 heavy (non-hydrogen) atoms. The van der Waals surface area contributed by atoms with Gasteiger partial charge in [0.05, 0.1) is 12.8 Å². The average Bonchev–Trinajstić information content (AvgIpc) is 3.31. The predicted molar refractivity (Wildman–Crippen MR) is 144 cm³/mol. The lowest BCUT2D eigenvalue weighted by atomic mass is 9.94. The van der Waals surface area contributed by atoms with Crippen LogP contribution in [0, 0.1) is 0 Å². The largest absolute Gasteiger partial charge is 0.508 e. The molecule has 0 spiro atoms. The molecule has 1 atom stereocenters. The van der Waals surface area contributed by atoms with Crippen LogP contribution >= 0.6 is 11.5 Å². The van der Waals surface area contributed by atoms with Gasteiger partial charge in [0.2, 0.25) is 5.91 Å². The number of aromatic nitrogens is 1. The number of nitrogens with two attached hydrogens (primary N) is 2. The molecule has 1 aliphatic carbocycles. The molecular formula is C27H31N5O5S. The number of phenolic OH excluding ortho intramolecular Hbond substituents is 1. The van der Waals surface area contributed by atoms with Crippen LogP contribution in [0.5, 0.6) is 11.5 Å². The number of aromatic hydroxyl groups is 1. The Morgan fingerprint density at radius 1 is 1.16 bits per heavy atom. The number of anilines is 1. The van der Waals surface area contributed by atoms with E-state index in [-0.39, 0.29) is 40.5 Å². The molecule has 0 saturated heterocycles. The molecule has 4 rings (SSSR count). The van der Waals surface area contributed by atoms with Crippen molar-refractivity contribution in [2.75, 3.05) is 12.8 Å². The zero-order valence-corrected chi connectivity index (χ0v) is 21.9. The van der Waals surface area contributed by atoms with Gasteiger partial charge < -0.3 is 31.5 Å². The molecule has 1 aromatic heterocycles. The number of nitrogen functional groups attached to an aromatic ring is 1. The number of nitrogens with zero attached hydrogens (tertiary/aromatic N) is 2. The van der Waals surface area contributed by atoms with E-state index in [0.29, 0.717) is 16.9 Å². The standard InChI is InChI=1S/C27H31N5O5S/c1-37-20-9-5-6-16(14-20)15-32(27(36)24-21(28)22(25(29)34)31-38-24)23(17-10-12-19(33)13-11-17)26(35)30-18-7-3-2-4-8-18/h5-6,9-14,18,23,33H,2-4,7-8,15,28H2,1H3,(H2,29,34)(H,30,35). The minimum Gasteiger partial charge on any atom is -0.508 e. The van der Waals surface area contributed by atoms with E-state index in [4.69, 9.17) is 16.2 Å². The summed E-state index contributed by atoms with van der Waals surface area (Å²) in [5.74, 6) is -1.15. The van der Waals surface area contributed by atoms with Crippen molar-refractivity contribution in [2.24, 2.45) is 5.73 Å². The number of hydrogen-bond acceptors (Lipinski definition) is 8. The normalized spacial score (nSPS) is 14.4. The second-order valence-corrected chi connectivity index (χ2v) is 10.0. The molecule has 2 aromatic carbocycles. The maximum absolute atomic E-state index is 14.0. The summed E-state index contributed by atoms with van der Waals surface area (Å²) in [5.41, 5.74) is 12.4. The number of carbonyl (C=O) groups excluding carboxylic acids is 3. The van der Waals surface area contributed by atoms with E-state index in [0.717, 1.165) is 43.6 Å². The van der Waals surface area contributed by atoms with Crippen LogP contribution in [-0.2, 0) is 11.3 Å². The molecule has 6 N–H and O–H groups in total. The fourth-order valence-corrected chi connectivity index (χ4v) is 5.43. The number of primary amides is 1. The Bertz CT molecular complexity index is 1300. The highest BCUT2D eigenvalue weighted by Gasteiger charge is 2.36. The molecule has 1 aliphatic rings. The van der Waals surface area contributed by atoms with Crippen LogP contribution in [0.4, 0.5) is 5.69 Å². The first-order valence-electron chi connectivity index (χ1n) is 12.4. The Hall–Kier alpha value is -4.12. The van der Waals surface area contributed by atoms with Gasteiger partial charge in [0.1, 0.15) is 22.4 Å². The van der Waals surface area contributed by atoms with E-state index >= 15 is 0 Å². The summed E-state index contributed by atoms with van der Waals surface area (Å²) < 4.78 is 9.32. The molecule has 3 aromatic rings. The molecule has 0 radical (unpaired) electrons. The van der Waals surface area contributed by atoms with E-state index in [2.05, 4.69) is 9.69 Å². The van der Waals surface area contributed by atoms with Gasteiger partial charge in [-0.1, -0.05) is 43.5 Å². The lowest BCUT2D eigenvalue weighted by molar-refractivity contribution is -0.127. The van der Waals surface area contributed by atoms with E-state index < -0.39 is 17.9 Å². The number of methoxy groups -OCH3 is 1. The Labute approximate surface area is 224 Å². The summed E-state index contributed by atoms with van der Waals surface area (Å²) in [5, 5.41) is 13.0. The molecule has 1 heterocycles. The van der Waals surface area contributed by atoms with E-state index in [1.54, 1.807) is 37.4 Å². The molecule has 1 fully saturated rings. The molecule has 1 unspecified atom stereocenters. The SMILES string of the molecule is COc1cccc(CN(C(=O)c2snc(C(N)=O)c2N)C(C(=O)NC2CCCCC2)c2ccc(O)cc2)c1. The van der Waals surface area contributed by atoms with Crippen LogP contribution < -0.4 is 21.5 Å². The molecule has 1 saturated carbocycles. The summed E-state index contributed by atoms with van der Waals surface area (Å²) in [6.07, 6.45) is 4.90. The van der Waals surface area contributed by atoms with Gasteiger partial charge >= 0.3 is 0 Å². The van der Waals surface area contributed by atoms with Crippen LogP contribution in [0.2, 0.25) is 0 Å². The quantitative estimate of drug-likeness (QED) is 0.325. The number of ether oxygens (including phenoxy) is 1. The van der Waals surface area contributed by atoms with Gasteiger partial charge in [0.15, 0.2) is 5.69 Å². The second-order valence-electron chi connectivity index (χ2n) is 9.26. The van der Waals surface area contributed by atoms with E-state index in [1.165, 1.54) is 17.0 Å².